The SMILES string of the molecule is CNCc1ccc(OC)c(CN(CCOC)CCOC)c1. The maximum absolute atomic E-state index is 5.48. The molecule has 1 N–H and O–H groups in total. The molecule has 0 aliphatic rings. The number of hydrogen-bond donors (Lipinski definition) is 1. The normalized spacial score (nSPS) is 11.1. The van der Waals surface area contributed by atoms with Gasteiger partial charge in [-0.3, -0.25) is 4.90 Å². The summed E-state index contributed by atoms with van der Waals surface area (Å²) in [5.74, 6) is 0.926. The molecule has 0 radical (unpaired) electrons. The van der Waals surface area contributed by atoms with Crippen molar-refractivity contribution in [1.82, 2.24) is 10.2 Å². The first kappa shape index (κ1) is 17.9. The molecule has 5 nitrogen and oxygen atoms in total. The molecule has 0 aliphatic carbocycles. The zero-order valence-electron chi connectivity index (χ0n) is 13.6. The van der Waals surface area contributed by atoms with Gasteiger partial charge < -0.3 is 19.5 Å². The number of nitrogens with zero attached hydrogens (tertiary/aromatic N) is 1. The molecule has 0 amide bonds. The van der Waals surface area contributed by atoms with E-state index in [1.165, 1.54) is 11.1 Å². The summed E-state index contributed by atoms with van der Waals surface area (Å²) in [5, 5.41) is 3.18. The van der Waals surface area contributed by atoms with Crippen molar-refractivity contribution in [3.05, 3.63) is 29.3 Å². The summed E-state index contributed by atoms with van der Waals surface area (Å²) in [4.78, 5) is 2.31. The molecule has 1 rings (SSSR count). The number of methoxy groups -OCH3 is 3. The molecule has 0 aliphatic heterocycles. The molecule has 0 spiro atoms. The summed E-state index contributed by atoms with van der Waals surface area (Å²) in [5.41, 5.74) is 2.45. The summed E-state index contributed by atoms with van der Waals surface area (Å²) in [7, 11) is 7.11. The van der Waals surface area contributed by atoms with Crippen LogP contribution in [0.15, 0.2) is 18.2 Å². The highest BCUT2D eigenvalue weighted by Gasteiger charge is 2.10. The van der Waals surface area contributed by atoms with Crippen LogP contribution in [0.5, 0.6) is 5.75 Å². The van der Waals surface area contributed by atoms with E-state index in [0.29, 0.717) is 13.2 Å². The Morgan fingerprint density at radius 1 is 1.05 bits per heavy atom. The minimum absolute atomic E-state index is 0.711. The highest BCUT2D eigenvalue weighted by atomic mass is 16.5. The Hall–Kier alpha value is -1.14. The second-order valence-electron chi connectivity index (χ2n) is 4.94. The molecule has 1 aromatic carbocycles. The van der Waals surface area contributed by atoms with Gasteiger partial charge in [-0.1, -0.05) is 6.07 Å². The van der Waals surface area contributed by atoms with Crippen LogP contribution >= 0.6 is 0 Å². The van der Waals surface area contributed by atoms with Crippen molar-refractivity contribution in [2.45, 2.75) is 13.1 Å². The lowest BCUT2D eigenvalue weighted by molar-refractivity contribution is 0.110. The molecule has 0 fully saturated rings. The van der Waals surface area contributed by atoms with Gasteiger partial charge >= 0.3 is 0 Å². The van der Waals surface area contributed by atoms with Gasteiger partial charge in [0.25, 0.3) is 0 Å². The molecule has 0 aromatic heterocycles. The van der Waals surface area contributed by atoms with E-state index in [1.807, 2.05) is 13.1 Å². The first-order chi connectivity index (χ1) is 10.2. The van der Waals surface area contributed by atoms with Crippen LogP contribution < -0.4 is 10.1 Å². The first-order valence-corrected chi connectivity index (χ1v) is 7.25. The van der Waals surface area contributed by atoms with Crippen LogP contribution in [0.3, 0.4) is 0 Å². The van der Waals surface area contributed by atoms with Gasteiger partial charge in [0.15, 0.2) is 0 Å². The molecule has 0 heterocycles. The lowest BCUT2D eigenvalue weighted by Crippen LogP contribution is -2.30. The van der Waals surface area contributed by atoms with Crippen molar-refractivity contribution in [2.24, 2.45) is 0 Å². The van der Waals surface area contributed by atoms with Crippen LogP contribution in [-0.2, 0) is 22.6 Å². The van der Waals surface area contributed by atoms with Crippen molar-refractivity contribution < 1.29 is 14.2 Å². The number of hydrogen-bond acceptors (Lipinski definition) is 5. The average molecular weight is 296 g/mol. The minimum atomic E-state index is 0.711. The van der Waals surface area contributed by atoms with Gasteiger partial charge in [-0.2, -0.15) is 0 Å². The van der Waals surface area contributed by atoms with Gasteiger partial charge in [-0.15, -0.1) is 0 Å². The third-order valence-corrected chi connectivity index (χ3v) is 3.34. The molecule has 1 aromatic rings. The van der Waals surface area contributed by atoms with Crippen molar-refractivity contribution in [3.63, 3.8) is 0 Å². The van der Waals surface area contributed by atoms with Crippen molar-refractivity contribution in [1.29, 1.82) is 0 Å². The second-order valence-corrected chi connectivity index (χ2v) is 4.94. The van der Waals surface area contributed by atoms with Crippen LogP contribution in [-0.4, -0.2) is 59.6 Å². The van der Waals surface area contributed by atoms with E-state index in [9.17, 15) is 0 Å². The Bertz CT molecular complexity index is 391. The van der Waals surface area contributed by atoms with E-state index in [4.69, 9.17) is 14.2 Å². The van der Waals surface area contributed by atoms with E-state index in [0.717, 1.165) is 31.9 Å². The third kappa shape index (κ3) is 6.44. The fourth-order valence-electron chi connectivity index (χ4n) is 2.22. The van der Waals surface area contributed by atoms with Gasteiger partial charge in [0.2, 0.25) is 0 Å². The average Bonchev–Trinajstić information content (AvgIpc) is 2.50. The molecule has 5 heteroatoms. The fourth-order valence-corrected chi connectivity index (χ4v) is 2.22. The van der Waals surface area contributed by atoms with Gasteiger partial charge in [0.05, 0.1) is 20.3 Å². The molecule has 120 valence electrons. The van der Waals surface area contributed by atoms with Crippen molar-refractivity contribution in [3.8, 4) is 5.75 Å². The quantitative estimate of drug-likeness (QED) is 0.670. The monoisotopic (exact) mass is 296 g/mol. The van der Waals surface area contributed by atoms with E-state index in [-0.39, 0.29) is 0 Å². The maximum atomic E-state index is 5.48. The Labute approximate surface area is 128 Å². The lowest BCUT2D eigenvalue weighted by atomic mass is 10.1. The van der Waals surface area contributed by atoms with E-state index in [2.05, 4.69) is 22.3 Å². The van der Waals surface area contributed by atoms with Crippen LogP contribution in [0.1, 0.15) is 11.1 Å². The van der Waals surface area contributed by atoms with Gasteiger partial charge in [-0.25, -0.2) is 0 Å². The molecular formula is C16H28N2O3. The maximum Gasteiger partial charge on any atom is 0.123 e. The van der Waals surface area contributed by atoms with Crippen LogP contribution in [0.25, 0.3) is 0 Å². The molecule has 0 saturated carbocycles. The van der Waals surface area contributed by atoms with Crippen molar-refractivity contribution >= 4 is 0 Å². The molecule has 0 atom stereocenters. The van der Waals surface area contributed by atoms with E-state index >= 15 is 0 Å². The first-order valence-electron chi connectivity index (χ1n) is 7.25. The Morgan fingerprint density at radius 2 is 1.71 bits per heavy atom. The Kier molecular flexibility index (Phi) is 9.01. The van der Waals surface area contributed by atoms with Gasteiger partial charge in [-0.05, 0) is 24.7 Å². The summed E-state index contributed by atoms with van der Waals surface area (Å²) in [6, 6.07) is 6.32. The summed E-state index contributed by atoms with van der Waals surface area (Å²) in [6.45, 7) is 4.85. The summed E-state index contributed by atoms with van der Waals surface area (Å²) in [6.07, 6.45) is 0. The number of rotatable bonds is 11. The number of nitrogens with one attached hydrogen (secondary N) is 1. The van der Waals surface area contributed by atoms with Crippen molar-refractivity contribution in [2.75, 3.05) is 54.7 Å². The third-order valence-electron chi connectivity index (χ3n) is 3.34. The van der Waals surface area contributed by atoms with Crippen LogP contribution in [0.2, 0.25) is 0 Å². The predicted octanol–water partition coefficient (Wildman–Crippen LogP) is 1.51. The number of benzene rings is 1. The van der Waals surface area contributed by atoms with Crippen LogP contribution in [0.4, 0.5) is 0 Å². The molecule has 0 bridgehead atoms. The Morgan fingerprint density at radius 3 is 2.24 bits per heavy atom. The molecule has 21 heavy (non-hydrogen) atoms. The standard InChI is InChI=1S/C16H28N2O3/c1-17-12-14-5-6-16(21-4)15(11-14)13-18(7-9-19-2)8-10-20-3/h5-6,11,17H,7-10,12-13H2,1-4H3. The zero-order valence-corrected chi connectivity index (χ0v) is 13.6. The summed E-state index contributed by atoms with van der Waals surface area (Å²) >= 11 is 0. The molecule has 0 saturated heterocycles. The highest BCUT2D eigenvalue weighted by molar-refractivity contribution is 5.37. The van der Waals surface area contributed by atoms with E-state index in [1.54, 1.807) is 21.3 Å². The van der Waals surface area contributed by atoms with Gasteiger partial charge in [0.1, 0.15) is 5.75 Å². The number of ether oxygens (including phenoxy) is 3. The smallest absolute Gasteiger partial charge is 0.123 e. The predicted molar refractivity (Wildman–Crippen MR) is 84.8 cm³/mol. The largest absolute Gasteiger partial charge is 0.496 e. The van der Waals surface area contributed by atoms with Gasteiger partial charge in [0, 0.05) is 46.0 Å². The minimum Gasteiger partial charge on any atom is -0.496 e. The zero-order chi connectivity index (χ0) is 15.5. The molecule has 0 unspecified atom stereocenters. The lowest BCUT2D eigenvalue weighted by Gasteiger charge is -2.23. The summed E-state index contributed by atoms with van der Waals surface area (Å²) < 4.78 is 15.8. The Balaban J connectivity index is 2.80. The molecular weight excluding hydrogens is 268 g/mol. The fraction of sp³-hybridized carbons (Fsp3) is 0.625. The highest BCUT2D eigenvalue weighted by Crippen LogP contribution is 2.21. The van der Waals surface area contributed by atoms with Crippen LogP contribution in [0, 0.1) is 0 Å². The van der Waals surface area contributed by atoms with E-state index < -0.39 is 0 Å². The second kappa shape index (κ2) is 10.6. The topological polar surface area (TPSA) is 43.0 Å².